The molecular formula is C33H37N3. The number of nitrogens with one attached hydrogen (secondary N) is 1. The molecule has 5 rings (SSSR count). The third-order valence-electron chi connectivity index (χ3n) is 7.31. The van der Waals surface area contributed by atoms with Crippen LogP contribution >= 0.6 is 0 Å². The van der Waals surface area contributed by atoms with Crippen molar-refractivity contribution >= 4 is 44.5 Å². The van der Waals surface area contributed by atoms with Crippen molar-refractivity contribution in [2.24, 2.45) is 0 Å². The van der Waals surface area contributed by atoms with Crippen LogP contribution < -0.4 is 5.32 Å². The fourth-order valence-corrected chi connectivity index (χ4v) is 5.66. The summed E-state index contributed by atoms with van der Waals surface area (Å²) in [5.74, 6) is 0. The third kappa shape index (κ3) is 3.98. The highest BCUT2D eigenvalue weighted by Gasteiger charge is 2.24. The van der Waals surface area contributed by atoms with Crippen LogP contribution in [0.1, 0.15) is 57.5 Å². The zero-order chi connectivity index (χ0) is 25.1. The molecule has 36 heavy (non-hydrogen) atoms. The van der Waals surface area contributed by atoms with Crippen molar-refractivity contribution < 1.29 is 0 Å². The monoisotopic (exact) mass is 475 g/mol. The van der Waals surface area contributed by atoms with Gasteiger partial charge in [-0.3, -0.25) is 5.32 Å². The van der Waals surface area contributed by atoms with Gasteiger partial charge in [0.1, 0.15) is 0 Å². The lowest BCUT2D eigenvalue weighted by atomic mass is 10.1. The van der Waals surface area contributed by atoms with Gasteiger partial charge in [-0.25, -0.2) is 0 Å². The highest BCUT2D eigenvalue weighted by atomic mass is 15.2. The molecule has 1 unspecified atom stereocenters. The van der Waals surface area contributed by atoms with Gasteiger partial charge < -0.3 is 9.13 Å². The number of hydrogen-bond donors (Lipinski definition) is 1. The van der Waals surface area contributed by atoms with Crippen LogP contribution in [-0.4, -0.2) is 16.2 Å². The van der Waals surface area contributed by atoms with E-state index in [9.17, 15) is 0 Å². The number of rotatable bonds is 8. The maximum Gasteiger partial charge on any atom is 0.0878 e. The Labute approximate surface area is 214 Å². The first-order valence-electron chi connectivity index (χ1n) is 13.3. The van der Waals surface area contributed by atoms with E-state index in [0.717, 1.165) is 25.7 Å². The molecule has 0 bridgehead atoms. The Morgan fingerprint density at radius 1 is 1.00 bits per heavy atom. The Kier molecular flexibility index (Phi) is 7.11. The van der Waals surface area contributed by atoms with Crippen LogP contribution in [0, 0.1) is 0 Å². The molecular weight excluding hydrogens is 438 g/mol. The Bertz CT molecular complexity index is 1550. The molecule has 1 aliphatic carbocycles. The van der Waals surface area contributed by atoms with Crippen molar-refractivity contribution in [2.75, 3.05) is 7.05 Å². The summed E-state index contributed by atoms with van der Waals surface area (Å²) in [7, 11) is 2.08. The molecule has 2 aromatic carbocycles. The number of allylic oxidation sites excluding steroid dienone is 8. The molecule has 4 aromatic rings. The van der Waals surface area contributed by atoms with Crippen molar-refractivity contribution in [3.05, 3.63) is 96.3 Å². The number of hydrogen-bond acceptors (Lipinski definition) is 1. The first kappa shape index (κ1) is 24.1. The van der Waals surface area contributed by atoms with Crippen LogP contribution in [0.15, 0.2) is 85.0 Å². The minimum absolute atomic E-state index is 0.156. The predicted molar refractivity (Wildman–Crippen MR) is 158 cm³/mol. The molecule has 184 valence electrons. The highest BCUT2D eigenvalue weighted by Crippen LogP contribution is 2.42. The van der Waals surface area contributed by atoms with Gasteiger partial charge in [-0.2, -0.15) is 0 Å². The fourth-order valence-electron chi connectivity index (χ4n) is 5.66. The van der Waals surface area contributed by atoms with Gasteiger partial charge in [-0.1, -0.05) is 86.7 Å². The summed E-state index contributed by atoms with van der Waals surface area (Å²) in [6.07, 6.45) is 24.1. The summed E-state index contributed by atoms with van der Waals surface area (Å²) in [4.78, 5) is 0. The molecule has 1 atom stereocenters. The van der Waals surface area contributed by atoms with Crippen LogP contribution in [-0.2, 0) is 6.42 Å². The average molecular weight is 476 g/mol. The largest absolute Gasteiger partial charge is 0.322 e. The Morgan fingerprint density at radius 2 is 1.83 bits per heavy atom. The molecule has 0 spiro atoms. The van der Waals surface area contributed by atoms with Gasteiger partial charge in [0.05, 0.1) is 28.4 Å². The molecule has 0 aliphatic heterocycles. The van der Waals surface area contributed by atoms with E-state index < -0.39 is 0 Å². The number of fused-ring (bicyclic) bond motifs is 7. The minimum Gasteiger partial charge on any atom is -0.322 e. The quantitative estimate of drug-likeness (QED) is 0.200. The predicted octanol–water partition coefficient (Wildman–Crippen LogP) is 8.78. The molecule has 3 heteroatoms. The molecule has 0 saturated heterocycles. The van der Waals surface area contributed by atoms with E-state index in [2.05, 4.69) is 133 Å². The molecule has 0 saturated carbocycles. The maximum atomic E-state index is 3.63. The van der Waals surface area contributed by atoms with Gasteiger partial charge >= 0.3 is 0 Å². The first-order valence-corrected chi connectivity index (χ1v) is 13.3. The molecule has 0 amide bonds. The lowest BCUT2D eigenvalue weighted by molar-refractivity contribution is 0.466. The molecule has 1 aliphatic rings. The average Bonchev–Trinajstić information content (AvgIpc) is 3.28. The third-order valence-corrected chi connectivity index (χ3v) is 7.31. The minimum atomic E-state index is 0.156. The Morgan fingerprint density at radius 3 is 2.61 bits per heavy atom. The molecule has 0 fully saturated rings. The SMILES string of the molecule is C/C=C\C=C(/CC)n1c2c(c3ccc4c5ccccc5n(C(C/C=C\CC)NC)c4c31)CC=CC=C2. The Balaban J connectivity index is 1.97. The van der Waals surface area contributed by atoms with E-state index in [1.54, 1.807) is 0 Å². The first-order chi connectivity index (χ1) is 17.7. The van der Waals surface area contributed by atoms with E-state index >= 15 is 0 Å². The van der Waals surface area contributed by atoms with Crippen LogP contribution in [0.4, 0.5) is 0 Å². The fraction of sp³-hybridized carbons (Fsp3) is 0.273. The van der Waals surface area contributed by atoms with E-state index in [-0.39, 0.29) is 6.17 Å². The number of benzene rings is 2. The Hall–Kier alpha value is -3.56. The second kappa shape index (κ2) is 10.6. The molecule has 0 radical (unpaired) electrons. The van der Waals surface area contributed by atoms with Gasteiger partial charge in [0.25, 0.3) is 0 Å². The van der Waals surface area contributed by atoms with Gasteiger partial charge in [0.15, 0.2) is 0 Å². The zero-order valence-electron chi connectivity index (χ0n) is 22.0. The van der Waals surface area contributed by atoms with Gasteiger partial charge in [-0.05, 0) is 63.4 Å². The zero-order valence-corrected chi connectivity index (χ0v) is 22.0. The molecule has 3 nitrogen and oxygen atoms in total. The second-order valence-corrected chi connectivity index (χ2v) is 9.39. The van der Waals surface area contributed by atoms with E-state index in [0.29, 0.717) is 0 Å². The normalized spacial score (nSPS) is 15.2. The van der Waals surface area contributed by atoms with E-state index in [1.165, 1.54) is 49.7 Å². The number of nitrogens with zero attached hydrogens (tertiary/aromatic N) is 2. The molecule has 1 N–H and O–H groups in total. The van der Waals surface area contributed by atoms with Gasteiger partial charge in [0.2, 0.25) is 0 Å². The summed E-state index contributed by atoms with van der Waals surface area (Å²) in [6.45, 7) is 6.54. The summed E-state index contributed by atoms with van der Waals surface area (Å²) in [5.41, 5.74) is 7.90. The summed E-state index contributed by atoms with van der Waals surface area (Å²) < 4.78 is 5.08. The smallest absolute Gasteiger partial charge is 0.0878 e. The van der Waals surface area contributed by atoms with Crippen molar-refractivity contribution in [3.63, 3.8) is 0 Å². The topological polar surface area (TPSA) is 21.9 Å². The van der Waals surface area contributed by atoms with Crippen LogP contribution in [0.2, 0.25) is 0 Å². The lowest BCUT2D eigenvalue weighted by Crippen LogP contribution is -2.22. The summed E-state index contributed by atoms with van der Waals surface area (Å²) >= 11 is 0. The summed E-state index contributed by atoms with van der Waals surface area (Å²) in [5, 5.41) is 7.60. The van der Waals surface area contributed by atoms with Crippen molar-refractivity contribution in [1.82, 2.24) is 14.5 Å². The second-order valence-electron chi connectivity index (χ2n) is 9.39. The van der Waals surface area contributed by atoms with E-state index in [1.807, 2.05) is 0 Å². The molecule has 2 aromatic heterocycles. The van der Waals surface area contributed by atoms with Crippen molar-refractivity contribution in [2.45, 2.75) is 52.6 Å². The van der Waals surface area contributed by atoms with Crippen molar-refractivity contribution in [1.29, 1.82) is 0 Å². The summed E-state index contributed by atoms with van der Waals surface area (Å²) in [6, 6.07) is 13.6. The number of aromatic nitrogens is 2. The highest BCUT2D eigenvalue weighted by molar-refractivity contribution is 6.18. The van der Waals surface area contributed by atoms with Crippen LogP contribution in [0.3, 0.4) is 0 Å². The van der Waals surface area contributed by atoms with Crippen molar-refractivity contribution in [3.8, 4) is 0 Å². The van der Waals surface area contributed by atoms with Gasteiger partial charge in [0, 0.05) is 21.9 Å². The van der Waals surface area contributed by atoms with Gasteiger partial charge in [-0.15, -0.1) is 0 Å². The van der Waals surface area contributed by atoms with Crippen LogP contribution in [0.25, 0.3) is 44.5 Å². The lowest BCUT2D eigenvalue weighted by Gasteiger charge is -2.21. The maximum absolute atomic E-state index is 3.63. The van der Waals surface area contributed by atoms with Crippen LogP contribution in [0.5, 0.6) is 0 Å². The standard InChI is InChI=1S/C33H37N3/c1-5-8-11-21-31(34-4)36-30-20-15-14-18-26(30)28-23-22-27-25-17-12-10-13-19-29(25)35(32(27)33(28)36)24(7-3)16-9-6-2/h6,8-16,18-20,22-23,31,34H,5,7,17,21H2,1-4H3/b9-6-,11-8-,24-16+. The van der Waals surface area contributed by atoms with E-state index in [4.69, 9.17) is 0 Å². The molecule has 2 heterocycles. The number of para-hydroxylation sites is 1.